The number of fused-ring (bicyclic) bond motifs is 3. The fraction of sp³-hybridized carbons (Fsp3) is 0.700. The van der Waals surface area contributed by atoms with Crippen LogP contribution in [0.4, 0.5) is 5.82 Å². The first-order chi connectivity index (χ1) is 12.7. The number of piperidine rings is 1. The average Bonchev–Trinajstić information content (AvgIpc) is 3.22. The summed E-state index contributed by atoms with van der Waals surface area (Å²) in [6.07, 6.45) is 6.96. The lowest BCUT2D eigenvalue weighted by Gasteiger charge is -2.29. The van der Waals surface area contributed by atoms with Gasteiger partial charge in [-0.2, -0.15) is 0 Å². The molecule has 142 valence electrons. The summed E-state index contributed by atoms with van der Waals surface area (Å²) in [6, 6.07) is 0.0498. The van der Waals surface area contributed by atoms with Gasteiger partial charge in [-0.25, -0.2) is 9.97 Å². The molecule has 0 saturated carbocycles. The molecule has 0 spiro atoms. The fourth-order valence-corrected chi connectivity index (χ4v) is 5.39. The first kappa shape index (κ1) is 18.1. The molecular formula is C20H30N4OS. The van der Waals surface area contributed by atoms with Crippen molar-refractivity contribution in [3.8, 4) is 0 Å². The van der Waals surface area contributed by atoms with E-state index in [9.17, 15) is 5.11 Å². The van der Waals surface area contributed by atoms with Gasteiger partial charge >= 0.3 is 0 Å². The number of hydrogen-bond donors (Lipinski definition) is 2. The number of rotatable bonds is 6. The van der Waals surface area contributed by atoms with E-state index >= 15 is 0 Å². The summed E-state index contributed by atoms with van der Waals surface area (Å²) in [6.45, 7) is 7.68. The summed E-state index contributed by atoms with van der Waals surface area (Å²) in [5, 5.41) is 14.4. The van der Waals surface area contributed by atoms with E-state index < -0.39 is 0 Å². The Hall–Kier alpha value is -1.24. The van der Waals surface area contributed by atoms with Gasteiger partial charge in [-0.15, -0.1) is 11.3 Å². The zero-order valence-electron chi connectivity index (χ0n) is 15.9. The molecule has 1 aliphatic heterocycles. The van der Waals surface area contributed by atoms with E-state index in [0.29, 0.717) is 0 Å². The molecule has 4 rings (SSSR count). The van der Waals surface area contributed by atoms with E-state index in [1.54, 1.807) is 0 Å². The molecule has 1 saturated heterocycles. The number of aliphatic hydroxyl groups excluding tert-OH is 1. The molecular weight excluding hydrogens is 344 g/mol. The van der Waals surface area contributed by atoms with Crippen LogP contribution in [0.3, 0.4) is 0 Å². The second-order valence-corrected chi connectivity index (χ2v) is 9.00. The minimum absolute atomic E-state index is 0.0498. The van der Waals surface area contributed by atoms with Crippen molar-refractivity contribution < 1.29 is 5.11 Å². The van der Waals surface area contributed by atoms with E-state index in [0.717, 1.165) is 54.9 Å². The monoisotopic (exact) mass is 374 g/mol. The summed E-state index contributed by atoms with van der Waals surface area (Å²) in [4.78, 5) is 15.0. The fourth-order valence-electron chi connectivity index (χ4n) is 4.11. The molecule has 1 aliphatic carbocycles. The smallest absolute Gasteiger partial charge is 0.146 e. The lowest BCUT2D eigenvalue weighted by Crippen LogP contribution is -2.33. The van der Waals surface area contributed by atoms with Crippen LogP contribution in [0.5, 0.6) is 0 Å². The highest BCUT2D eigenvalue weighted by Gasteiger charge is 2.24. The van der Waals surface area contributed by atoms with Crippen LogP contribution in [0.15, 0.2) is 0 Å². The van der Waals surface area contributed by atoms with Crippen molar-refractivity contribution in [2.45, 2.75) is 65.0 Å². The summed E-state index contributed by atoms with van der Waals surface area (Å²) in [5.41, 5.74) is 1.44. The van der Waals surface area contributed by atoms with E-state index in [4.69, 9.17) is 9.97 Å². The number of nitrogens with one attached hydrogen (secondary N) is 1. The Labute approximate surface area is 159 Å². The lowest BCUT2D eigenvalue weighted by atomic mass is 9.99. The van der Waals surface area contributed by atoms with Gasteiger partial charge in [0.25, 0.3) is 0 Å². The molecule has 2 N–H and O–H groups in total. The second-order valence-electron chi connectivity index (χ2n) is 7.92. The third kappa shape index (κ3) is 3.59. The third-order valence-electron chi connectivity index (χ3n) is 5.91. The SMILES string of the molecule is CCC(CO)Nc1nc(CN2CCC(C)CC2)nc2sc3c(c12)CCC3. The Balaban J connectivity index is 1.66. The molecule has 1 unspecified atom stereocenters. The number of aliphatic hydroxyl groups is 1. The second kappa shape index (κ2) is 7.79. The van der Waals surface area contributed by atoms with Crippen LogP contribution in [0.1, 0.15) is 55.8 Å². The number of nitrogens with zero attached hydrogens (tertiary/aromatic N) is 3. The normalized spacial score (nSPS) is 19.8. The highest BCUT2D eigenvalue weighted by molar-refractivity contribution is 7.19. The van der Waals surface area contributed by atoms with Gasteiger partial charge in [-0.05, 0) is 63.1 Å². The summed E-state index contributed by atoms with van der Waals surface area (Å²) in [5.74, 6) is 2.69. The molecule has 0 aromatic carbocycles. The van der Waals surface area contributed by atoms with Crippen LogP contribution in [0.25, 0.3) is 10.2 Å². The van der Waals surface area contributed by atoms with E-state index in [-0.39, 0.29) is 12.6 Å². The molecule has 0 bridgehead atoms. The van der Waals surface area contributed by atoms with E-state index in [2.05, 4.69) is 24.1 Å². The van der Waals surface area contributed by atoms with Gasteiger partial charge in [0.15, 0.2) is 0 Å². The van der Waals surface area contributed by atoms with Crippen molar-refractivity contribution in [1.82, 2.24) is 14.9 Å². The number of likely N-dealkylation sites (tertiary alicyclic amines) is 1. The Morgan fingerprint density at radius 2 is 2.08 bits per heavy atom. The molecule has 2 aliphatic rings. The van der Waals surface area contributed by atoms with Crippen LogP contribution in [-0.4, -0.2) is 45.7 Å². The van der Waals surface area contributed by atoms with Gasteiger partial charge in [-0.1, -0.05) is 13.8 Å². The highest BCUT2D eigenvalue weighted by Crippen LogP contribution is 2.39. The van der Waals surface area contributed by atoms with Crippen LogP contribution >= 0.6 is 11.3 Å². The maximum atomic E-state index is 9.65. The van der Waals surface area contributed by atoms with Crippen molar-refractivity contribution in [2.75, 3.05) is 25.0 Å². The Kier molecular flexibility index (Phi) is 5.43. The van der Waals surface area contributed by atoms with Crippen LogP contribution in [0.2, 0.25) is 0 Å². The Morgan fingerprint density at radius 3 is 2.81 bits per heavy atom. The minimum atomic E-state index is 0.0498. The zero-order chi connectivity index (χ0) is 18.1. The predicted octanol–water partition coefficient (Wildman–Crippen LogP) is 3.59. The maximum absolute atomic E-state index is 9.65. The zero-order valence-corrected chi connectivity index (χ0v) is 16.7. The average molecular weight is 375 g/mol. The van der Waals surface area contributed by atoms with Crippen LogP contribution in [0, 0.1) is 5.92 Å². The molecule has 2 aromatic heterocycles. The molecule has 1 fully saturated rings. The molecule has 1 atom stereocenters. The Morgan fingerprint density at radius 1 is 1.27 bits per heavy atom. The largest absolute Gasteiger partial charge is 0.394 e. The van der Waals surface area contributed by atoms with Crippen molar-refractivity contribution >= 4 is 27.4 Å². The molecule has 26 heavy (non-hydrogen) atoms. The molecule has 2 aromatic rings. The maximum Gasteiger partial charge on any atom is 0.146 e. The lowest BCUT2D eigenvalue weighted by molar-refractivity contribution is 0.181. The number of anilines is 1. The highest BCUT2D eigenvalue weighted by atomic mass is 32.1. The van der Waals surface area contributed by atoms with Crippen molar-refractivity contribution in [1.29, 1.82) is 0 Å². The number of thiophene rings is 1. The molecule has 3 heterocycles. The Bertz CT molecular complexity index is 763. The van der Waals surface area contributed by atoms with E-state index in [1.807, 2.05) is 11.3 Å². The summed E-state index contributed by atoms with van der Waals surface area (Å²) in [7, 11) is 0. The van der Waals surface area contributed by atoms with Crippen LogP contribution < -0.4 is 5.32 Å². The first-order valence-corrected chi connectivity index (χ1v) is 10.9. The molecule has 6 heteroatoms. The summed E-state index contributed by atoms with van der Waals surface area (Å²) < 4.78 is 0. The standard InChI is InChI=1S/C20H30N4OS/c1-3-14(12-25)21-19-18-15-5-4-6-16(15)26-20(18)23-17(22-19)11-24-9-7-13(2)8-10-24/h13-14,25H,3-12H2,1-2H3,(H,21,22,23). The number of aryl methyl sites for hydroxylation is 2. The number of aromatic nitrogens is 2. The number of hydrogen-bond acceptors (Lipinski definition) is 6. The summed E-state index contributed by atoms with van der Waals surface area (Å²) >= 11 is 1.85. The first-order valence-electron chi connectivity index (χ1n) is 10.1. The van der Waals surface area contributed by atoms with Crippen LogP contribution in [-0.2, 0) is 19.4 Å². The van der Waals surface area contributed by atoms with Gasteiger partial charge in [-0.3, -0.25) is 4.90 Å². The van der Waals surface area contributed by atoms with Gasteiger partial charge < -0.3 is 10.4 Å². The van der Waals surface area contributed by atoms with Gasteiger partial charge in [0.2, 0.25) is 0 Å². The molecule has 5 nitrogen and oxygen atoms in total. The van der Waals surface area contributed by atoms with Gasteiger partial charge in [0, 0.05) is 4.88 Å². The third-order valence-corrected chi connectivity index (χ3v) is 7.09. The molecule has 0 radical (unpaired) electrons. The molecule has 0 amide bonds. The quantitative estimate of drug-likeness (QED) is 0.809. The van der Waals surface area contributed by atoms with Gasteiger partial charge in [0.1, 0.15) is 16.5 Å². The van der Waals surface area contributed by atoms with Gasteiger partial charge in [0.05, 0.1) is 24.6 Å². The van der Waals surface area contributed by atoms with Crippen molar-refractivity contribution in [2.24, 2.45) is 5.92 Å². The van der Waals surface area contributed by atoms with E-state index in [1.165, 1.54) is 41.5 Å². The van der Waals surface area contributed by atoms with Crippen molar-refractivity contribution in [3.63, 3.8) is 0 Å². The minimum Gasteiger partial charge on any atom is -0.394 e. The topological polar surface area (TPSA) is 61.3 Å². The predicted molar refractivity (Wildman–Crippen MR) is 108 cm³/mol. The van der Waals surface area contributed by atoms with Crippen molar-refractivity contribution in [3.05, 3.63) is 16.3 Å².